The number of anilines is 1. The van der Waals surface area contributed by atoms with E-state index in [4.69, 9.17) is 34.8 Å². The summed E-state index contributed by atoms with van der Waals surface area (Å²) in [5, 5.41) is 4.43. The van der Waals surface area contributed by atoms with Crippen LogP contribution in [0.1, 0.15) is 67.7 Å². The summed E-state index contributed by atoms with van der Waals surface area (Å²) < 4.78 is 13.5. The van der Waals surface area contributed by atoms with Crippen LogP contribution in [0.5, 0.6) is 0 Å². The maximum atomic E-state index is 13.5. The fraction of sp³-hybridized carbons (Fsp3) is 0.387. The zero-order valence-corrected chi connectivity index (χ0v) is 23.6. The molecule has 1 aliphatic carbocycles. The van der Waals surface area contributed by atoms with Crippen molar-refractivity contribution < 1.29 is 9.18 Å². The number of fused-ring (bicyclic) bond motifs is 1. The van der Waals surface area contributed by atoms with Gasteiger partial charge in [-0.05, 0) is 103 Å². The normalized spacial score (nSPS) is 18.4. The summed E-state index contributed by atoms with van der Waals surface area (Å²) in [6, 6.07) is 16.9. The monoisotopic (exact) mass is 559 g/mol. The summed E-state index contributed by atoms with van der Waals surface area (Å²) in [4.78, 5) is 13.1. The van der Waals surface area contributed by atoms with Crippen molar-refractivity contribution in [1.29, 1.82) is 0 Å². The van der Waals surface area contributed by atoms with Crippen molar-refractivity contribution in [3.63, 3.8) is 0 Å². The highest BCUT2D eigenvalue weighted by atomic mass is 35.5. The Hall–Kier alpha value is -2.07. The molecule has 0 aromatic heterocycles. The van der Waals surface area contributed by atoms with Crippen LogP contribution in [0, 0.1) is 17.7 Å². The second kappa shape index (κ2) is 12.7. The molecule has 3 aromatic rings. The average Bonchev–Trinajstić information content (AvgIpc) is 2.86. The molecule has 1 N–H and O–H groups in total. The zero-order chi connectivity index (χ0) is 26.5. The third kappa shape index (κ3) is 6.88. The first kappa shape index (κ1) is 28.0. The van der Waals surface area contributed by atoms with Crippen molar-refractivity contribution in [3.8, 4) is 0 Å². The van der Waals surface area contributed by atoms with Crippen molar-refractivity contribution in [2.45, 2.75) is 64.7 Å². The van der Waals surface area contributed by atoms with Gasteiger partial charge in [0.05, 0.1) is 5.02 Å². The maximum absolute atomic E-state index is 13.5. The zero-order valence-electron chi connectivity index (χ0n) is 21.3. The Labute approximate surface area is 234 Å². The quantitative estimate of drug-likeness (QED) is 0.306. The molecule has 196 valence electrons. The number of carbonyl (C=O) groups is 1. The summed E-state index contributed by atoms with van der Waals surface area (Å²) >= 11 is 19.1. The lowest BCUT2D eigenvalue weighted by Crippen LogP contribution is -2.29. The summed E-state index contributed by atoms with van der Waals surface area (Å²) in [6.45, 7) is 4.08. The Morgan fingerprint density at radius 2 is 1.76 bits per heavy atom. The smallest absolute Gasteiger partial charge is 0.227 e. The molecule has 0 radical (unpaired) electrons. The van der Waals surface area contributed by atoms with Crippen LogP contribution >= 0.6 is 34.8 Å². The fourth-order valence-corrected chi connectivity index (χ4v) is 6.37. The SMILES string of the molecule is CCc1cc(Cl)c(CCC2CCCC(C(C)C(=O)Nc3ccc(F)c(Cl)c3)Cc3ccccc32)c(Cl)c1. The molecule has 4 rings (SSSR count). The van der Waals surface area contributed by atoms with Crippen LogP contribution in [0.25, 0.3) is 0 Å². The molecule has 0 heterocycles. The average molecular weight is 561 g/mol. The van der Waals surface area contributed by atoms with Crippen LogP contribution < -0.4 is 5.32 Å². The first-order valence-corrected chi connectivity index (χ1v) is 14.2. The number of hydrogen-bond donors (Lipinski definition) is 1. The lowest BCUT2D eigenvalue weighted by Gasteiger charge is -2.30. The summed E-state index contributed by atoms with van der Waals surface area (Å²) in [6.07, 6.45) is 6.63. The Balaban J connectivity index is 1.47. The van der Waals surface area contributed by atoms with Crippen molar-refractivity contribution in [2.24, 2.45) is 11.8 Å². The van der Waals surface area contributed by atoms with Crippen LogP contribution in [0.2, 0.25) is 15.1 Å². The van der Waals surface area contributed by atoms with Gasteiger partial charge in [-0.1, -0.05) is 79.3 Å². The number of rotatable bonds is 7. The minimum absolute atomic E-state index is 0.000239. The molecule has 1 aliphatic rings. The molecule has 3 aromatic carbocycles. The van der Waals surface area contributed by atoms with Gasteiger partial charge < -0.3 is 5.32 Å². The lowest BCUT2D eigenvalue weighted by molar-refractivity contribution is -0.121. The molecular weight excluding hydrogens is 528 g/mol. The number of amides is 1. The largest absolute Gasteiger partial charge is 0.326 e. The third-order valence-corrected chi connectivity index (χ3v) is 8.73. The maximum Gasteiger partial charge on any atom is 0.227 e. The van der Waals surface area contributed by atoms with Gasteiger partial charge in [0.15, 0.2) is 0 Å². The topological polar surface area (TPSA) is 29.1 Å². The third-order valence-electron chi connectivity index (χ3n) is 7.76. The molecule has 0 saturated carbocycles. The van der Waals surface area contributed by atoms with E-state index < -0.39 is 5.82 Å². The van der Waals surface area contributed by atoms with Gasteiger partial charge in [0.2, 0.25) is 5.91 Å². The van der Waals surface area contributed by atoms with Gasteiger partial charge in [-0.3, -0.25) is 4.79 Å². The molecular formula is C31H33Cl3FNO. The Morgan fingerprint density at radius 3 is 2.46 bits per heavy atom. The molecule has 2 nitrogen and oxygen atoms in total. The lowest BCUT2D eigenvalue weighted by atomic mass is 9.75. The van der Waals surface area contributed by atoms with E-state index in [9.17, 15) is 9.18 Å². The highest BCUT2D eigenvalue weighted by Crippen LogP contribution is 2.38. The van der Waals surface area contributed by atoms with E-state index in [1.54, 1.807) is 0 Å². The van der Waals surface area contributed by atoms with Gasteiger partial charge in [-0.25, -0.2) is 4.39 Å². The summed E-state index contributed by atoms with van der Waals surface area (Å²) in [5.74, 6) is -0.129. The van der Waals surface area contributed by atoms with Crippen molar-refractivity contribution >= 4 is 46.4 Å². The molecule has 6 heteroatoms. The van der Waals surface area contributed by atoms with E-state index >= 15 is 0 Å². The van der Waals surface area contributed by atoms with Crippen LogP contribution in [-0.2, 0) is 24.1 Å². The molecule has 0 spiro atoms. The van der Waals surface area contributed by atoms with Crippen LogP contribution in [0.4, 0.5) is 10.1 Å². The Bertz CT molecular complexity index is 1240. The second-order valence-electron chi connectivity index (χ2n) is 10.1. The molecule has 0 aliphatic heterocycles. The van der Waals surface area contributed by atoms with Gasteiger partial charge in [0, 0.05) is 21.7 Å². The van der Waals surface area contributed by atoms with Crippen molar-refractivity contribution in [2.75, 3.05) is 5.32 Å². The molecule has 0 fully saturated rings. The first-order chi connectivity index (χ1) is 17.8. The molecule has 37 heavy (non-hydrogen) atoms. The molecule has 1 amide bonds. The van der Waals surface area contributed by atoms with E-state index in [2.05, 4.69) is 36.5 Å². The standard InChI is InChI=1S/C31H33Cl3FNO/c1-3-20-15-27(32)26(28(33)16-20)13-11-21-8-6-9-22(17-23-7-4-5-10-25(21)23)19(2)31(37)36-24-12-14-30(35)29(34)18-24/h4-5,7,10,12,14-16,18-19,21-22H,3,6,8-9,11,13,17H2,1-2H3,(H,36,37). The number of aryl methyl sites for hydroxylation is 1. The van der Waals surface area contributed by atoms with Gasteiger partial charge in [0.25, 0.3) is 0 Å². The van der Waals surface area contributed by atoms with Crippen molar-refractivity contribution in [3.05, 3.63) is 97.7 Å². The number of halogens is 4. The molecule has 0 saturated heterocycles. The van der Waals surface area contributed by atoms with Gasteiger partial charge in [0.1, 0.15) is 5.82 Å². The Morgan fingerprint density at radius 1 is 1.03 bits per heavy atom. The summed E-state index contributed by atoms with van der Waals surface area (Å²) in [5.41, 5.74) is 5.37. The second-order valence-corrected chi connectivity index (χ2v) is 11.3. The van der Waals surface area contributed by atoms with Crippen LogP contribution in [0.3, 0.4) is 0 Å². The van der Waals surface area contributed by atoms with E-state index in [0.717, 1.165) is 66.1 Å². The number of nitrogens with one attached hydrogen (secondary N) is 1. The minimum Gasteiger partial charge on any atom is -0.326 e. The highest BCUT2D eigenvalue weighted by molar-refractivity contribution is 6.36. The van der Waals surface area contributed by atoms with E-state index in [1.807, 2.05) is 19.1 Å². The van der Waals surface area contributed by atoms with Gasteiger partial charge in [-0.15, -0.1) is 0 Å². The van der Waals surface area contributed by atoms with Crippen molar-refractivity contribution in [1.82, 2.24) is 0 Å². The fourth-order valence-electron chi connectivity index (χ4n) is 5.47. The van der Waals surface area contributed by atoms with E-state index in [1.165, 1.54) is 29.3 Å². The molecule has 0 bridgehead atoms. The number of carbonyl (C=O) groups excluding carboxylic acids is 1. The van der Waals surface area contributed by atoms with Gasteiger partial charge in [-0.2, -0.15) is 0 Å². The number of benzene rings is 3. The van der Waals surface area contributed by atoms with Gasteiger partial charge >= 0.3 is 0 Å². The number of hydrogen-bond acceptors (Lipinski definition) is 1. The molecule has 3 unspecified atom stereocenters. The highest BCUT2D eigenvalue weighted by Gasteiger charge is 2.28. The van der Waals surface area contributed by atoms with Crippen LogP contribution in [0.15, 0.2) is 54.6 Å². The Kier molecular flexibility index (Phi) is 9.56. The van der Waals surface area contributed by atoms with E-state index in [-0.39, 0.29) is 22.8 Å². The molecule has 3 atom stereocenters. The minimum atomic E-state index is -0.499. The predicted molar refractivity (Wildman–Crippen MR) is 154 cm³/mol. The first-order valence-electron chi connectivity index (χ1n) is 13.1. The van der Waals surface area contributed by atoms with E-state index in [0.29, 0.717) is 11.6 Å². The predicted octanol–water partition coefficient (Wildman–Crippen LogP) is 9.68. The summed E-state index contributed by atoms with van der Waals surface area (Å²) in [7, 11) is 0. The van der Waals surface area contributed by atoms with Crippen LogP contribution in [-0.4, -0.2) is 5.91 Å².